The van der Waals surface area contributed by atoms with Crippen LogP contribution in [0.4, 0.5) is 0 Å². The van der Waals surface area contributed by atoms with E-state index in [-0.39, 0.29) is 5.97 Å². The van der Waals surface area contributed by atoms with Gasteiger partial charge in [-0.2, -0.15) is 0 Å². The van der Waals surface area contributed by atoms with E-state index >= 15 is 0 Å². The van der Waals surface area contributed by atoms with E-state index in [2.05, 4.69) is 12.1 Å². The molecule has 2 nitrogen and oxygen atoms in total. The van der Waals surface area contributed by atoms with Crippen molar-refractivity contribution < 1.29 is 9.53 Å². The molecule has 0 aliphatic carbocycles. The van der Waals surface area contributed by atoms with Crippen LogP contribution in [0.2, 0.25) is 0 Å². The van der Waals surface area contributed by atoms with Gasteiger partial charge in [-0.3, -0.25) is 0 Å². The minimum absolute atomic E-state index is 0.241. The average molecular weight is 250 g/mol. The SMILES string of the molecule is CCOC(=O)C=C(C)CCSc1ccccc1. The maximum Gasteiger partial charge on any atom is 0.330 e. The standard InChI is InChI=1S/C14H18O2S/c1-3-16-14(15)11-12(2)9-10-17-13-7-5-4-6-8-13/h4-8,11H,3,9-10H2,1-2H3. The molecule has 0 radical (unpaired) electrons. The number of hydrogen-bond acceptors (Lipinski definition) is 3. The van der Waals surface area contributed by atoms with E-state index in [9.17, 15) is 4.79 Å². The van der Waals surface area contributed by atoms with Crippen molar-refractivity contribution in [2.45, 2.75) is 25.2 Å². The highest BCUT2D eigenvalue weighted by molar-refractivity contribution is 7.99. The molecule has 92 valence electrons. The Hall–Kier alpha value is -1.22. The lowest BCUT2D eigenvalue weighted by molar-refractivity contribution is -0.137. The molecule has 0 heterocycles. The van der Waals surface area contributed by atoms with Gasteiger partial charge in [-0.25, -0.2) is 4.79 Å². The van der Waals surface area contributed by atoms with E-state index in [4.69, 9.17) is 4.74 Å². The quantitative estimate of drug-likeness (QED) is 0.437. The van der Waals surface area contributed by atoms with Crippen molar-refractivity contribution in [1.82, 2.24) is 0 Å². The van der Waals surface area contributed by atoms with E-state index < -0.39 is 0 Å². The van der Waals surface area contributed by atoms with Gasteiger partial charge in [0.2, 0.25) is 0 Å². The Balaban J connectivity index is 2.29. The van der Waals surface area contributed by atoms with Crippen molar-refractivity contribution in [3.63, 3.8) is 0 Å². The van der Waals surface area contributed by atoms with Crippen LogP contribution >= 0.6 is 11.8 Å². The van der Waals surface area contributed by atoms with Crippen LogP contribution < -0.4 is 0 Å². The molecule has 3 heteroatoms. The molecule has 0 aliphatic heterocycles. The van der Waals surface area contributed by atoms with Crippen molar-refractivity contribution in [3.8, 4) is 0 Å². The van der Waals surface area contributed by atoms with Crippen LogP contribution in [0.5, 0.6) is 0 Å². The Morgan fingerprint density at radius 2 is 2.06 bits per heavy atom. The predicted molar refractivity (Wildman–Crippen MR) is 72.2 cm³/mol. The largest absolute Gasteiger partial charge is 0.463 e. The average Bonchev–Trinajstić information content (AvgIpc) is 2.30. The zero-order valence-electron chi connectivity index (χ0n) is 10.3. The van der Waals surface area contributed by atoms with E-state index in [1.165, 1.54) is 4.90 Å². The lowest BCUT2D eigenvalue weighted by Gasteiger charge is -2.02. The minimum Gasteiger partial charge on any atom is -0.463 e. The number of allylic oxidation sites excluding steroid dienone is 1. The Kier molecular flexibility index (Phi) is 6.48. The Labute approximate surface area is 107 Å². The van der Waals surface area contributed by atoms with Gasteiger partial charge >= 0.3 is 5.97 Å². The third-order valence-corrected chi connectivity index (χ3v) is 3.17. The lowest BCUT2D eigenvalue weighted by Crippen LogP contribution is -2.00. The number of ether oxygens (including phenoxy) is 1. The van der Waals surface area contributed by atoms with E-state index in [1.807, 2.05) is 32.0 Å². The summed E-state index contributed by atoms with van der Waals surface area (Å²) >= 11 is 1.80. The fourth-order valence-electron chi connectivity index (χ4n) is 1.30. The molecule has 0 spiro atoms. The van der Waals surface area contributed by atoms with Crippen LogP contribution in [0.3, 0.4) is 0 Å². The normalized spacial score (nSPS) is 11.3. The summed E-state index contributed by atoms with van der Waals surface area (Å²) in [7, 11) is 0. The number of carbonyl (C=O) groups is 1. The topological polar surface area (TPSA) is 26.3 Å². The summed E-state index contributed by atoms with van der Waals surface area (Å²) in [6.45, 7) is 4.20. The maximum absolute atomic E-state index is 11.2. The molecular weight excluding hydrogens is 232 g/mol. The molecule has 1 aromatic carbocycles. The number of thioether (sulfide) groups is 1. The molecule has 0 fully saturated rings. The second kappa shape index (κ2) is 7.96. The maximum atomic E-state index is 11.2. The van der Waals surface area contributed by atoms with Gasteiger partial charge in [0, 0.05) is 16.7 Å². The fourth-order valence-corrected chi connectivity index (χ4v) is 2.31. The second-order valence-electron chi connectivity index (χ2n) is 3.65. The van der Waals surface area contributed by atoms with Crippen molar-refractivity contribution in [2.24, 2.45) is 0 Å². The van der Waals surface area contributed by atoms with Crippen molar-refractivity contribution in [1.29, 1.82) is 0 Å². The Bertz CT molecular complexity index is 371. The van der Waals surface area contributed by atoms with Crippen molar-refractivity contribution >= 4 is 17.7 Å². The van der Waals surface area contributed by atoms with E-state index in [0.29, 0.717) is 6.61 Å². The summed E-state index contributed by atoms with van der Waals surface area (Å²) in [4.78, 5) is 12.4. The molecule has 0 amide bonds. The molecular formula is C14H18O2S. The van der Waals surface area contributed by atoms with Gasteiger partial charge in [-0.1, -0.05) is 23.8 Å². The lowest BCUT2D eigenvalue weighted by atomic mass is 10.2. The van der Waals surface area contributed by atoms with Crippen LogP contribution in [0.25, 0.3) is 0 Å². The van der Waals surface area contributed by atoms with Gasteiger partial charge in [0.25, 0.3) is 0 Å². The summed E-state index contributed by atoms with van der Waals surface area (Å²) in [5.74, 6) is 0.737. The molecule has 0 atom stereocenters. The van der Waals surface area contributed by atoms with Gasteiger partial charge in [-0.05, 0) is 32.4 Å². The molecule has 0 N–H and O–H groups in total. The number of benzene rings is 1. The highest BCUT2D eigenvalue weighted by Crippen LogP contribution is 2.19. The van der Waals surface area contributed by atoms with Gasteiger partial charge in [-0.15, -0.1) is 11.8 Å². The summed E-state index contributed by atoms with van der Waals surface area (Å²) in [5.41, 5.74) is 1.06. The third kappa shape index (κ3) is 6.17. The summed E-state index contributed by atoms with van der Waals surface area (Å²) in [5, 5.41) is 0. The van der Waals surface area contributed by atoms with Crippen LogP contribution in [0, 0.1) is 0 Å². The van der Waals surface area contributed by atoms with Crippen molar-refractivity contribution in [2.75, 3.05) is 12.4 Å². The van der Waals surface area contributed by atoms with E-state index in [1.54, 1.807) is 17.8 Å². The highest BCUT2D eigenvalue weighted by atomic mass is 32.2. The van der Waals surface area contributed by atoms with Crippen LogP contribution in [-0.2, 0) is 9.53 Å². The van der Waals surface area contributed by atoms with Gasteiger partial charge in [0.15, 0.2) is 0 Å². The first-order valence-electron chi connectivity index (χ1n) is 5.74. The Morgan fingerprint density at radius 1 is 1.35 bits per heavy atom. The van der Waals surface area contributed by atoms with Gasteiger partial charge < -0.3 is 4.74 Å². The molecule has 0 bridgehead atoms. The summed E-state index contributed by atoms with van der Waals surface area (Å²) in [6, 6.07) is 10.3. The molecule has 0 unspecified atom stereocenters. The zero-order chi connectivity index (χ0) is 12.5. The number of hydrogen-bond donors (Lipinski definition) is 0. The number of rotatable bonds is 6. The first-order valence-corrected chi connectivity index (χ1v) is 6.72. The van der Waals surface area contributed by atoms with Crippen LogP contribution in [-0.4, -0.2) is 18.3 Å². The van der Waals surface area contributed by atoms with E-state index in [0.717, 1.165) is 17.7 Å². The molecule has 17 heavy (non-hydrogen) atoms. The Morgan fingerprint density at radius 3 is 2.71 bits per heavy atom. The summed E-state index contributed by atoms with van der Waals surface area (Å²) < 4.78 is 4.86. The highest BCUT2D eigenvalue weighted by Gasteiger charge is 1.99. The van der Waals surface area contributed by atoms with Crippen molar-refractivity contribution in [3.05, 3.63) is 42.0 Å². The summed E-state index contributed by atoms with van der Waals surface area (Å²) in [6.07, 6.45) is 2.48. The minimum atomic E-state index is -0.241. The monoisotopic (exact) mass is 250 g/mol. The number of esters is 1. The fraction of sp³-hybridized carbons (Fsp3) is 0.357. The molecule has 1 rings (SSSR count). The third-order valence-electron chi connectivity index (χ3n) is 2.16. The first kappa shape index (κ1) is 13.8. The molecule has 1 aromatic rings. The number of carbonyl (C=O) groups excluding carboxylic acids is 1. The molecule has 0 aromatic heterocycles. The van der Waals surface area contributed by atoms with Gasteiger partial charge in [0.05, 0.1) is 6.61 Å². The first-order chi connectivity index (χ1) is 8.22. The van der Waals surface area contributed by atoms with Gasteiger partial charge in [0.1, 0.15) is 0 Å². The molecule has 0 saturated heterocycles. The molecule has 0 saturated carbocycles. The smallest absolute Gasteiger partial charge is 0.330 e. The predicted octanol–water partition coefficient (Wildman–Crippen LogP) is 3.68. The second-order valence-corrected chi connectivity index (χ2v) is 4.82. The zero-order valence-corrected chi connectivity index (χ0v) is 11.1. The van der Waals surface area contributed by atoms with Crippen LogP contribution in [0.1, 0.15) is 20.3 Å². The van der Waals surface area contributed by atoms with Crippen LogP contribution in [0.15, 0.2) is 46.9 Å². The molecule has 0 aliphatic rings.